The molecular weight excluding hydrogens is 420 g/mol. The number of ether oxygens (including phenoxy) is 2. The van der Waals surface area contributed by atoms with Gasteiger partial charge in [0.2, 0.25) is 0 Å². The second-order valence-electron chi connectivity index (χ2n) is 9.25. The number of alkyl carbamates (subject to hydrolysis) is 1. The van der Waals surface area contributed by atoms with Crippen LogP contribution in [0.1, 0.15) is 44.5 Å². The molecule has 1 aliphatic rings. The van der Waals surface area contributed by atoms with E-state index in [2.05, 4.69) is 32.3 Å². The van der Waals surface area contributed by atoms with Gasteiger partial charge >= 0.3 is 6.09 Å². The highest BCUT2D eigenvalue weighted by atomic mass is 16.6. The largest absolute Gasteiger partial charge is 0.497 e. The third-order valence-corrected chi connectivity index (χ3v) is 5.62. The van der Waals surface area contributed by atoms with Crippen LogP contribution in [0.2, 0.25) is 0 Å². The fourth-order valence-electron chi connectivity index (χ4n) is 4.19. The maximum absolute atomic E-state index is 12.6. The number of methoxy groups -OCH3 is 1. The summed E-state index contributed by atoms with van der Waals surface area (Å²) < 4.78 is 10.5. The second kappa shape index (κ2) is 9.13. The average Bonchev–Trinajstić information content (AvgIpc) is 3.10. The molecule has 2 aromatic carbocycles. The third kappa shape index (κ3) is 5.27. The van der Waals surface area contributed by atoms with Crippen LogP contribution in [-0.2, 0) is 11.3 Å². The summed E-state index contributed by atoms with van der Waals surface area (Å²) >= 11 is 0. The highest BCUT2D eigenvalue weighted by Gasteiger charge is 2.29. The van der Waals surface area contributed by atoms with Gasteiger partial charge in [-0.05, 0) is 57.0 Å². The first kappa shape index (κ1) is 22.6. The molecule has 174 valence electrons. The number of aromatic nitrogens is 2. The van der Waals surface area contributed by atoms with Crippen LogP contribution in [0.5, 0.6) is 5.75 Å². The van der Waals surface area contributed by atoms with Crippen molar-refractivity contribution in [2.45, 2.75) is 45.3 Å². The van der Waals surface area contributed by atoms with Crippen LogP contribution >= 0.6 is 0 Å². The van der Waals surface area contributed by atoms with Gasteiger partial charge in [-0.1, -0.05) is 18.2 Å². The number of H-pyrrole nitrogens is 1. The van der Waals surface area contributed by atoms with Crippen molar-refractivity contribution in [2.75, 3.05) is 25.1 Å². The van der Waals surface area contributed by atoms with Crippen molar-refractivity contribution in [3.8, 4) is 5.75 Å². The molecule has 1 atom stereocenters. The smallest absolute Gasteiger partial charge is 0.407 e. The van der Waals surface area contributed by atoms with E-state index in [1.54, 1.807) is 25.3 Å². The lowest BCUT2D eigenvalue weighted by atomic mass is 9.98. The Morgan fingerprint density at radius 2 is 2.03 bits per heavy atom. The lowest BCUT2D eigenvalue weighted by Crippen LogP contribution is -2.33. The summed E-state index contributed by atoms with van der Waals surface area (Å²) in [4.78, 5) is 34.4. The number of hydrogen-bond acceptors (Lipinski definition) is 6. The van der Waals surface area contributed by atoms with Crippen molar-refractivity contribution in [1.29, 1.82) is 0 Å². The van der Waals surface area contributed by atoms with Crippen LogP contribution in [0.4, 0.5) is 10.5 Å². The van der Waals surface area contributed by atoms with Crippen molar-refractivity contribution >= 4 is 22.7 Å². The Morgan fingerprint density at radius 1 is 1.24 bits per heavy atom. The topological polar surface area (TPSA) is 96.5 Å². The first-order valence-electron chi connectivity index (χ1n) is 11.1. The van der Waals surface area contributed by atoms with Gasteiger partial charge in [0.25, 0.3) is 5.56 Å². The van der Waals surface area contributed by atoms with E-state index in [0.717, 1.165) is 18.7 Å². The summed E-state index contributed by atoms with van der Waals surface area (Å²) in [6.45, 7) is 7.33. The number of aromatic amines is 1. The number of para-hydroxylation sites is 1. The lowest BCUT2D eigenvalue weighted by molar-refractivity contribution is 0.0526. The number of rotatable bonds is 6. The van der Waals surface area contributed by atoms with Crippen LogP contribution < -0.4 is 20.5 Å². The molecule has 1 aliphatic heterocycles. The molecule has 1 amide bonds. The number of carbonyl (C=O) groups excluding carboxylic acids is 1. The molecule has 0 bridgehead atoms. The van der Waals surface area contributed by atoms with Gasteiger partial charge in [-0.3, -0.25) is 4.79 Å². The minimum Gasteiger partial charge on any atom is -0.497 e. The molecule has 0 radical (unpaired) electrons. The van der Waals surface area contributed by atoms with Gasteiger partial charge in [0.1, 0.15) is 17.2 Å². The van der Waals surface area contributed by atoms with Crippen molar-refractivity contribution in [3.05, 3.63) is 64.2 Å². The van der Waals surface area contributed by atoms with Crippen molar-refractivity contribution in [3.63, 3.8) is 0 Å². The lowest BCUT2D eigenvalue weighted by Gasteiger charge is -2.21. The van der Waals surface area contributed by atoms with Gasteiger partial charge in [-0.2, -0.15) is 0 Å². The Kier molecular flexibility index (Phi) is 6.26. The first-order chi connectivity index (χ1) is 15.7. The monoisotopic (exact) mass is 450 g/mol. The van der Waals surface area contributed by atoms with Gasteiger partial charge in [0.15, 0.2) is 0 Å². The summed E-state index contributed by atoms with van der Waals surface area (Å²) in [5.74, 6) is 1.49. The van der Waals surface area contributed by atoms with E-state index in [1.807, 2.05) is 32.9 Å². The zero-order valence-corrected chi connectivity index (χ0v) is 19.5. The number of amides is 1. The number of anilines is 1. The number of hydrogen-bond donors (Lipinski definition) is 2. The number of nitrogens with zero attached hydrogens (tertiary/aromatic N) is 2. The van der Waals surface area contributed by atoms with E-state index in [4.69, 9.17) is 9.47 Å². The fourth-order valence-corrected chi connectivity index (χ4v) is 4.19. The number of nitrogens with one attached hydrogen (secondary N) is 2. The van der Waals surface area contributed by atoms with E-state index in [0.29, 0.717) is 35.6 Å². The Balaban J connectivity index is 1.47. The van der Waals surface area contributed by atoms with E-state index in [1.165, 1.54) is 5.56 Å². The molecular formula is C25H30N4O4. The van der Waals surface area contributed by atoms with Crippen LogP contribution in [-0.4, -0.2) is 41.9 Å². The van der Waals surface area contributed by atoms with Crippen LogP contribution in [0.3, 0.4) is 0 Å². The quantitative estimate of drug-likeness (QED) is 0.590. The van der Waals surface area contributed by atoms with E-state index < -0.39 is 11.7 Å². The molecule has 3 aromatic rings. The minimum atomic E-state index is -0.518. The third-order valence-electron chi connectivity index (χ3n) is 5.62. The van der Waals surface area contributed by atoms with Gasteiger partial charge < -0.3 is 24.7 Å². The normalized spacial score (nSPS) is 15.4. The predicted octanol–water partition coefficient (Wildman–Crippen LogP) is 3.95. The fraction of sp³-hybridized carbons (Fsp3) is 0.400. The number of benzene rings is 2. The maximum Gasteiger partial charge on any atom is 0.407 e. The molecule has 4 rings (SSSR count). The van der Waals surface area contributed by atoms with E-state index >= 15 is 0 Å². The highest BCUT2D eigenvalue weighted by Crippen LogP contribution is 2.38. The molecule has 8 heteroatoms. The van der Waals surface area contributed by atoms with Crippen LogP contribution in [0.25, 0.3) is 10.9 Å². The van der Waals surface area contributed by atoms with E-state index in [-0.39, 0.29) is 11.5 Å². The molecule has 0 aliphatic carbocycles. The van der Waals surface area contributed by atoms with Crippen molar-refractivity contribution in [2.24, 2.45) is 0 Å². The highest BCUT2D eigenvalue weighted by molar-refractivity contribution is 5.79. The molecule has 0 spiro atoms. The molecule has 2 heterocycles. The first-order valence-corrected chi connectivity index (χ1v) is 11.1. The zero-order valence-electron chi connectivity index (χ0n) is 19.5. The van der Waals surface area contributed by atoms with Crippen molar-refractivity contribution in [1.82, 2.24) is 15.3 Å². The zero-order chi connectivity index (χ0) is 23.6. The Labute approximate surface area is 192 Å². The summed E-state index contributed by atoms with van der Waals surface area (Å²) in [6, 6.07) is 13.5. The number of fused-ring (bicyclic) bond motifs is 2. The predicted molar refractivity (Wildman–Crippen MR) is 128 cm³/mol. The molecule has 33 heavy (non-hydrogen) atoms. The maximum atomic E-state index is 12.6. The van der Waals surface area contributed by atoms with Crippen LogP contribution in [0, 0.1) is 0 Å². The molecule has 8 nitrogen and oxygen atoms in total. The standard InChI is InChI=1S/C25H30N4O4/c1-25(2,3)33-24(31)26-12-11-16-14-29(21-8-6-5-7-18(16)21)15-22-27-20-10-9-17(32-4)13-19(20)23(30)28-22/h5-10,13,16H,11-12,14-15H2,1-4H3,(H,26,31)(H,27,28,30). The van der Waals surface area contributed by atoms with Crippen LogP contribution in [0.15, 0.2) is 47.3 Å². The van der Waals surface area contributed by atoms with Gasteiger partial charge in [0, 0.05) is 24.7 Å². The molecule has 1 aromatic heterocycles. The summed E-state index contributed by atoms with van der Waals surface area (Å²) in [5.41, 5.74) is 2.30. The Morgan fingerprint density at radius 3 is 2.79 bits per heavy atom. The summed E-state index contributed by atoms with van der Waals surface area (Å²) in [6.07, 6.45) is 0.383. The average molecular weight is 451 g/mol. The van der Waals surface area contributed by atoms with Gasteiger partial charge in [0.05, 0.1) is 24.6 Å². The minimum absolute atomic E-state index is 0.181. The second-order valence-corrected chi connectivity index (χ2v) is 9.25. The number of carbonyl (C=O) groups is 1. The molecule has 0 saturated carbocycles. The molecule has 0 saturated heterocycles. The van der Waals surface area contributed by atoms with Gasteiger partial charge in [-0.15, -0.1) is 0 Å². The Hall–Kier alpha value is -3.55. The summed E-state index contributed by atoms with van der Waals surface area (Å²) in [5, 5.41) is 3.35. The molecule has 0 fully saturated rings. The SMILES string of the molecule is COc1ccc2nc(CN3CC(CCNC(=O)OC(C)(C)C)c4ccccc43)[nH]c(=O)c2c1. The molecule has 2 N–H and O–H groups in total. The Bertz CT molecular complexity index is 1210. The van der Waals surface area contributed by atoms with Gasteiger partial charge in [-0.25, -0.2) is 9.78 Å². The molecule has 1 unspecified atom stereocenters. The summed E-state index contributed by atoms with van der Waals surface area (Å²) in [7, 11) is 1.57. The van der Waals surface area contributed by atoms with E-state index in [9.17, 15) is 9.59 Å². The van der Waals surface area contributed by atoms with Crippen molar-refractivity contribution < 1.29 is 14.3 Å².